The lowest BCUT2D eigenvalue weighted by Crippen LogP contribution is -2.39. The second-order valence-corrected chi connectivity index (χ2v) is 5.19. The fraction of sp³-hybridized carbons (Fsp3) is 0.533. The van der Waals surface area contributed by atoms with Gasteiger partial charge in [0.25, 0.3) is 0 Å². The molecule has 2 heterocycles. The van der Waals surface area contributed by atoms with Crippen LogP contribution in [0.2, 0.25) is 0 Å². The van der Waals surface area contributed by atoms with Crippen molar-refractivity contribution in [3.63, 3.8) is 0 Å². The molecule has 3 N–H and O–H groups in total. The molecular formula is C15H23N3O. The first-order chi connectivity index (χ1) is 9.17. The molecule has 104 valence electrons. The Labute approximate surface area is 114 Å². The number of hydrogen-bond acceptors (Lipinski definition) is 3. The van der Waals surface area contributed by atoms with Gasteiger partial charge in [-0.1, -0.05) is 20.3 Å². The molecule has 0 saturated carbocycles. The Bertz CT molecular complexity index is 490. The molecule has 1 atom stereocenters. The highest BCUT2D eigenvalue weighted by atomic mass is 16.3. The van der Waals surface area contributed by atoms with E-state index in [0.29, 0.717) is 6.54 Å². The summed E-state index contributed by atoms with van der Waals surface area (Å²) in [6.07, 6.45) is 6.25. The predicted molar refractivity (Wildman–Crippen MR) is 77.9 cm³/mol. The SMILES string of the molecule is CCCC(O)(CC)CNCc1cc2ccncc2[nH]1. The van der Waals surface area contributed by atoms with Crippen molar-refractivity contribution >= 4 is 10.9 Å². The van der Waals surface area contributed by atoms with E-state index in [2.05, 4.69) is 28.3 Å². The molecule has 1 unspecified atom stereocenters. The summed E-state index contributed by atoms with van der Waals surface area (Å²) in [7, 11) is 0. The lowest BCUT2D eigenvalue weighted by molar-refractivity contribution is 0.0268. The van der Waals surface area contributed by atoms with Crippen LogP contribution in [0, 0.1) is 0 Å². The Hall–Kier alpha value is -1.39. The molecule has 0 radical (unpaired) electrons. The zero-order chi connectivity index (χ0) is 13.7. The fourth-order valence-electron chi connectivity index (χ4n) is 2.41. The van der Waals surface area contributed by atoms with Crippen LogP contribution in [0.3, 0.4) is 0 Å². The van der Waals surface area contributed by atoms with Crippen LogP contribution in [0.25, 0.3) is 10.9 Å². The second-order valence-electron chi connectivity index (χ2n) is 5.19. The quantitative estimate of drug-likeness (QED) is 0.718. The Morgan fingerprint density at radius 2 is 2.26 bits per heavy atom. The van der Waals surface area contributed by atoms with Crippen LogP contribution in [0.15, 0.2) is 24.5 Å². The van der Waals surface area contributed by atoms with E-state index in [1.54, 1.807) is 6.20 Å². The van der Waals surface area contributed by atoms with Crippen LogP contribution in [-0.4, -0.2) is 27.2 Å². The Morgan fingerprint density at radius 1 is 1.42 bits per heavy atom. The van der Waals surface area contributed by atoms with Crippen molar-refractivity contribution in [2.45, 2.75) is 45.3 Å². The highest BCUT2D eigenvalue weighted by Gasteiger charge is 2.22. The largest absolute Gasteiger partial charge is 0.389 e. The number of H-pyrrole nitrogens is 1. The number of nitrogens with zero attached hydrogens (tertiary/aromatic N) is 1. The topological polar surface area (TPSA) is 60.9 Å². The van der Waals surface area contributed by atoms with Gasteiger partial charge in [0.15, 0.2) is 0 Å². The minimum Gasteiger partial charge on any atom is -0.389 e. The number of rotatable bonds is 7. The zero-order valence-electron chi connectivity index (χ0n) is 11.7. The van der Waals surface area contributed by atoms with Crippen molar-refractivity contribution in [2.24, 2.45) is 0 Å². The van der Waals surface area contributed by atoms with Crippen molar-refractivity contribution in [1.82, 2.24) is 15.3 Å². The first-order valence-electron chi connectivity index (χ1n) is 7.01. The van der Waals surface area contributed by atoms with Crippen molar-refractivity contribution in [1.29, 1.82) is 0 Å². The van der Waals surface area contributed by atoms with Gasteiger partial charge in [-0.25, -0.2) is 0 Å². The van der Waals surface area contributed by atoms with E-state index in [-0.39, 0.29) is 0 Å². The maximum Gasteiger partial charge on any atom is 0.0769 e. The van der Waals surface area contributed by atoms with Gasteiger partial charge < -0.3 is 15.4 Å². The molecule has 0 aliphatic heterocycles. The second kappa shape index (κ2) is 6.17. The average molecular weight is 261 g/mol. The van der Waals surface area contributed by atoms with E-state index in [1.807, 2.05) is 19.2 Å². The first-order valence-corrected chi connectivity index (χ1v) is 7.01. The monoisotopic (exact) mass is 261 g/mol. The lowest BCUT2D eigenvalue weighted by atomic mass is 9.95. The Balaban J connectivity index is 1.91. The summed E-state index contributed by atoms with van der Waals surface area (Å²) in [5, 5.41) is 14.9. The molecule has 0 aliphatic rings. The Morgan fingerprint density at radius 3 is 2.95 bits per heavy atom. The van der Waals surface area contributed by atoms with Crippen molar-refractivity contribution in [3.8, 4) is 0 Å². The molecule has 0 aliphatic carbocycles. The number of pyridine rings is 1. The van der Waals surface area contributed by atoms with Gasteiger partial charge in [-0.2, -0.15) is 0 Å². The van der Waals surface area contributed by atoms with E-state index in [1.165, 1.54) is 5.39 Å². The maximum atomic E-state index is 10.4. The molecule has 0 fully saturated rings. The van der Waals surface area contributed by atoms with Gasteiger partial charge in [0, 0.05) is 30.4 Å². The molecule has 0 aromatic carbocycles. The smallest absolute Gasteiger partial charge is 0.0769 e. The summed E-state index contributed by atoms with van der Waals surface area (Å²) < 4.78 is 0. The normalized spacial score (nSPS) is 14.7. The molecule has 4 heteroatoms. The van der Waals surface area contributed by atoms with E-state index in [4.69, 9.17) is 0 Å². The van der Waals surface area contributed by atoms with Crippen molar-refractivity contribution < 1.29 is 5.11 Å². The summed E-state index contributed by atoms with van der Waals surface area (Å²) in [5.74, 6) is 0. The van der Waals surface area contributed by atoms with Crippen LogP contribution in [-0.2, 0) is 6.54 Å². The minimum absolute atomic E-state index is 0.581. The summed E-state index contributed by atoms with van der Waals surface area (Å²) in [6, 6.07) is 4.11. The first kappa shape index (κ1) is 14.0. The van der Waals surface area contributed by atoms with Gasteiger partial charge in [-0.3, -0.25) is 4.98 Å². The van der Waals surface area contributed by atoms with E-state index in [9.17, 15) is 5.11 Å². The summed E-state index contributed by atoms with van der Waals surface area (Å²) in [4.78, 5) is 7.42. The third kappa shape index (κ3) is 3.55. The van der Waals surface area contributed by atoms with Crippen LogP contribution >= 0.6 is 0 Å². The molecule has 2 aromatic rings. The van der Waals surface area contributed by atoms with Crippen LogP contribution in [0.5, 0.6) is 0 Å². The van der Waals surface area contributed by atoms with E-state index >= 15 is 0 Å². The highest BCUT2D eigenvalue weighted by molar-refractivity contribution is 5.79. The molecule has 0 saturated heterocycles. The third-order valence-corrected chi connectivity index (χ3v) is 3.62. The molecule has 0 amide bonds. The molecule has 0 bridgehead atoms. The highest BCUT2D eigenvalue weighted by Crippen LogP contribution is 2.17. The molecule has 0 spiro atoms. The van der Waals surface area contributed by atoms with Crippen LogP contribution in [0.1, 0.15) is 38.8 Å². The minimum atomic E-state index is -0.581. The number of aromatic amines is 1. The summed E-state index contributed by atoms with van der Waals surface area (Å²) >= 11 is 0. The molecule has 4 nitrogen and oxygen atoms in total. The fourth-order valence-corrected chi connectivity index (χ4v) is 2.41. The van der Waals surface area contributed by atoms with Crippen molar-refractivity contribution in [3.05, 3.63) is 30.2 Å². The number of fused-ring (bicyclic) bond motifs is 1. The van der Waals surface area contributed by atoms with Crippen LogP contribution < -0.4 is 5.32 Å². The van der Waals surface area contributed by atoms with Gasteiger partial charge in [-0.15, -0.1) is 0 Å². The lowest BCUT2D eigenvalue weighted by Gasteiger charge is -2.26. The average Bonchev–Trinajstić information content (AvgIpc) is 2.81. The molecular weight excluding hydrogens is 238 g/mol. The number of nitrogens with one attached hydrogen (secondary N) is 2. The predicted octanol–water partition coefficient (Wildman–Crippen LogP) is 2.59. The summed E-state index contributed by atoms with van der Waals surface area (Å²) in [6.45, 7) is 5.50. The molecule has 19 heavy (non-hydrogen) atoms. The van der Waals surface area contributed by atoms with E-state index in [0.717, 1.165) is 37.0 Å². The number of aliphatic hydroxyl groups is 1. The Kier molecular flexibility index (Phi) is 4.56. The summed E-state index contributed by atoms with van der Waals surface area (Å²) in [5.41, 5.74) is 1.60. The molecule has 2 rings (SSSR count). The van der Waals surface area contributed by atoms with E-state index < -0.39 is 5.60 Å². The van der Waals surface area contributed by atoms with Crippen LogP contribution in [0.4, 0.5) is 0 Å². The van der Waals surface area contributed by atoms with Crippen molar-refractivity contribution in [2.75, 3.05) is 6.54 Å². The number of hydrogen-bond donors (Lipinski definition) is 3. The van der Waals surface area contributed by atoms with Gasteiger partial charge in [0.1, 0.15) is 0 Å². The van der Waals surface area contributed by atoms with Gasteiger partial charge in [-0.05, 0) is 25.0 Å². The third-order valence-electron chi connectivity index (χ3n) is 3.62. The van der Waals surface area contributed by atoms with Gasteiger partial charge in [0.2, 0.25) is 0 Å². The number of aromatic nitrogens is 2. The van der Waals surface area contributed by atoms with Gasteiger partial charge in [0.05, 0.1) is 17.3 Å². The maximum absolute atomic E-state index is 10.4. The standard InChI is InChI=1S/C15H23N3O/c1-3-6-15(19,4-2)11-17-9-13-8-12-5-7-16-10-14(12)18-13/h5,7-8,10,17-19H,3-4,6,9,11H2,1-2H3. The zero-order valence-corrected chi connectivity index (χ0v) is 11.7. The molecule has 2 aromatic heterocycles. The van der Waals surface area contributed by atoms with Gasteiger partial charge >= 0.3 is 0 Å².